The lowest BCUT2D eigenvalue weighted by Crippen LogP contribution is -2.44. The molecule has 1 aliphatic heterocycles. The summed E-state index contributed by atoms with van der Waals surface area (Å²) in [5.74, 6) is 0. The number of rotatable bonds is 4. The zero-order chi connectivity index (χ0) is 10.7. The molecule has 2 fully saturated rings. The quantitative estimate of drug-likeness (QED) is 0.729. The Morgan fingerprint density at radius 2 is 2.13 bits per heavy atom. The summed E-state index contributed by atoms with van der Waals surface area (Å²) in [4.78, 5) is 2.55. The minimum Gasteiger partial charge on any atom is -0.392 e. The highest BCUT2D eigenvalue weighted by Crippen LogP contribution is 2.20. The van der Waals surface area contributed by atoms with Crippen LogP contribution in [0.4, 0.5) is 0 Å². The molecule has 3 heteroatoms. The van der Waals surface area contributed by atoms with Gasteiger partial charge in [0.1, 0.15) is 0 Å². The van der Waals surface area contributed by atoms with Crippen molar-refractivity contribution in [2.45, 2.75) is 57.2 Å². The molecule has 0 aromatic heterocycles. The number of aliphatic hydroxyl groups excluding tert-OH is 1. The molecule has 0 amide bonds. The standard InChI is InChI=1S/C12H24N2O/c1-2-14-8-4-5-10(14)9-13-11-6-3-7-12(11)15/h10-13,15H,2-9H2,1H3. The van der Waals surface area contributed by atoms with Gasteiger partial charge in [-0.1, -0.05) is 6.92 Å². The molecule has 3 atom stereocenters. The summed E-state index contributed by atoms with van der Waals surface area (Å²) in [6.07, 6.45) is 5.89. The third-order valence-electron chi connectivity index (χ3n) is 4.00. The van der Waals surface area contributed by atoms with Gasteiger partial charge in [0, 0.05) is 18.6 Å². The van der Waals surface area contributed by atoms with Crippen LogP contribution in [0.1, 0.15) is 39.0 Å². The summed E-state index contributed by atoms with van der Waals surface area (Å²) in [6.45, 7) is 5.73. The van der Waals surface area contributed by atoms with Crippen molar-refractivity contribution in [1.29, 1.82) is 0 Å². The third kappa shape index (κ3) is 2.71. The van der Waals surface area contributed by atoms with Crippen molar-refractivity contribution in [3.05, 3.63) is 0 Å². The molecule has 2 rings (SSSR count). The van der Waals surface area contributed by atoms with Gasteiger partial charge in [0.15, 0.2) is 0 Å². The number of aliphatic hydroxyl groups is 1. The summed E-state index contributed by atoms with van der Waals surface area (Å²) >= 11 is 0. The van der Waals surface area contributed by atoms with Crippen LogP contribution < -0.4 is 5.32 Å². The molecule has 1 aliphatic carbocycles. The molecule has 0 aromatic rings. The molecular formula is C12H24N2O. The summed E-state index contributed by atoms with van der Waals surface area (Å²) in [6, 6.07) is 1.08. The van der Waals surface area contributed by atoms with E-state index in [0.717, 1.165) is 19.4 Å². The van der Waals surface area contributed by atoms with Crippen molar-refractivity contribution in [3.8, 4) is 0 Å². The van der Waals surface area contributed by atoms with Crippen molar-refractivity contribution in [2.75, 3.05) is 19.6 Å². The molecule has 2 N–H and O–H groups in total. The van der Waals surface area contributed by atoms with E-state index < -0.39 is 0 Å². The van der Waals surface area contributed by atoms with Crippen LogP contribution in [0.5, 0.6) is 0 Å². The zero-order valence-corrected chi connectivity index (χ0v) is 9.78. The maximum absolute atomic E-state index is 9.71. The van der Waals surface area contributed by atoms with Crippen LogP contribution in [0.25, 0.3) is 0 Å². The first kappa shape index (κ1) is 11.4. The van der Waals surface area contributed by atoms with Crippen LogP contribution in [0, 0.1) is 0 Å². The maximum atomic E-state index is 9.71. The lowest BCUT2D eigenvalue weighted by Gasteiger charge is -2.25. The van der Waals surface area contributed by atoms with E-state index >= 15 is 0 Å². The smallest absolute Gasteiger partial charge is 0.0693 e. The Morgan fingerprint density at radius 1 is 1.27 bits per heavy atom. The second kappa shape index (κ2) is 5.28. The highest BCUT2D eigenvalue weighted by atomic mass is 16.3. The van der Waals surface area contributed by atoms with Gasteiger partial charge in [-0.2, -0.15) is 0 Å². The summed E-state index contributed by atoms with van der Waals surface area (Å²) in [7, 11) is 0. The number of nitrogens with one attached hydrogen (secondary N) is 1. The number of hydrogen-bond donors (Lipinski definition) is 2. The van der Waals surface area contributed by atoms with Gasteiger partial charge in [0.25, 0.3) is 0 Å². The summed E-state index contributed by atoms with van der Waals surface area (Å²) in [5.41, 5.74) is 0. The van der Waals surface area contributed by atoms with Crippen LogP contribution in [0.3, 0.4) is 0 Å². The van der Waals surface area contributed by atoms with Crippen LogP contribution in [0.15, 0.2) is 0 Å². The first-order valence-electron chi connectivity index (χ1n) is 6.46. The molecule has 0 aromatic carbocycles. The van der Waals surface area contributed by atoms with E-state index in [-0.39, 0.29) is 6.10 Å². The maximum Gasteiger partial charge on any atom is 0.0693 e. The van der Waals surface area contributed by atoms with Crippen LogP contribution >= 0.6 is 0 Å². The Morgan fingerprint density at radius 3 is 2.80 bits per heavy atom. The fourth-order valence-electron chi connectivity index (χ4n) is 3.01. The molecule has 1 saturated heterocycles. The lowest BCUT2D eigenvalue weighted by atomic mass is 10.1. The monoisotopic (exact) mass is 212 g/mol. The van der Waals surface area contributed by atoms with Gasteiger partial charge >= 0.3 is 0 Å². The van der Waals surface area contributed by atoms with Crippen LogP contribution in [-0.2, 0) is 0 Å². The first-order valence-corrected chi connectivity index (χ1v) is 6.46. The SMILES string of the molecule is CCN1CCCC1CNC1CCCC1O. The predicted molar refractivity (Wildman–Crippen MR) is 61.9 cm³/mol. The highest BCUT2D eigenvalue weighted by molar-refractivity contribution is 4.86. The van der Waals surface area contributed by atoms with Gasteiger partial charge in [-0.15, -0.1) is 0 Å². The Balaban J connectivity index is 1.72. The van der Waals surface area contributed by atoms with Gasteiger partial charge in [0.05, 0.1) is 6.10 Å². The average molecular weight is 212 g/mol. The van der Waals surface area contributed by atoms with E-state index in [0.29, 0.717) is 12.1 Å². The van der Waals surface area contributed by atoms with Gasteiger partial charge in [-0.25, -0.2) is 0 Å². The van der Waals surface area contributed by atoms with Crippen molar-refractivity contribution in [3.63, 3.8) is 0 Å². The van der Waals surface area contributed by atoms with Crippen LogP contribution in [-0.4, -0.2) is 47.8 Å². The second-order valence-electron chi connectivity index (χ2n) is 4.94. The Kier molecular flexibility index (Phi) is 4.00. The van der Waals surface area contributed by atoms with E-state index in [1.165, 1.54) is 32.4 Å². The normalized spacial score (nSPS) is 37.6. The van der Waals surface area contributed by atoms with E-state index in [1.54, 1.807) is 0 Å². The largest absolute Gasteiger partial charge is 0.392 e. The fourth-order valence-corrected chi connectivity index (χ4v) is 3.01. The minimum absolute atomic E-state index is 0.0959. The van der Waals surface area contributed by atoms with Gasteiger partial charge in [-0.3, -0.25) is 4.90 Å². The second-order valence-corrected chi connectivity index (χ2v) is 4.94. The van der Waals surface area contributed by atoms with Crippen molar-refractivity contribution >= 4 is 0 Å². The highest BCUT2D eigenvalue weighted by Gasteiger charge is 2.28. The number of hydrogen-bond acceptors (Lipinski definition) is 3. The Bertz CT molecular complexity index is 198. The molecule has 88 valence electrons. The molecule has 0 bridgehead atoms. The van der Waals surface area contributed by atoms with Gasteiger partial charge < -0.3 is 10.4 Å². The predicted octanol–water partition coefficient (Wildman–Crippen LogP) is 0.974. The van der Waals surface area contributed by atoms with Crippen LogP contribution in [0.2, 0.25) is 0 Å². The molecule has 3 unspecified atom stereocenters. The minimum atomic E-state index is -0.0959. The first-order chi connectivity index (χ1) is 7.31. The number of likely N-dealkylation sites (tertiary alicyclic amines) is 1. The summed E-state index contributed by atoms with van der Waals surface area (Å²) in [5, 5.41) is 13.3. The Labute approximate surface area is 92.8 Å². The van der Waals surface area contributed by atoms with E-state index in [4.69, 9.17) is 0 Å². The molecule has 3 nitrogen and oxygen atoms in total. The lowest BCUT2D eigenvalue weighted by molar-refractivity contribution is 0.143. The number of likely N-dealkylation sites (N-methyl/N-ethyl adjacent to an activating group) is 1. The molecule has 1 heterocycles. The molecule has 2 aliphatic rings. The van der Waals surface area contributed by atoms with Gasteiger partial charge in [0.2, 0.25) is 0 Å². The van der Waals surface area contributed by atoms with Crippen molar-refractivity contribution < 1.29 is 5.11 Å². The van der Waals surface area contributed by atoms with E-state index in [9.17, 15) is 5.11 Å². The Hall–Kier alpha value is -0.120. The molecular weight excluding hydrogens is 188 g/mol. The molecule has 0 spiro atoms. The third-order valence-corrected chi connectivity index (χ3v) is 4.00. The van der Waals surface area contributed by atoms with Crippen molar-refractivity contribution in [2.24, 2.45) is 0 Å². The fraction of sp³-hybridized carbons (Fsp3) is 1.00. The van der Waals surface area contributed by atoms with Crippen molar-refractivity contribution in [1.82, 2.24) is 10.2 Å². The molecule has 15 heavy (non-hydrogen) atoms. The number of nitrogens with zero attached hydrogens (tertiary/aromatic N) is 1. The molecule has 0 radical (unpaired) electrons. The van der Waals surface area contributed by atoms with E-state index in [2.05, 4.69) is 17.1 Å². The topological polar surface area (TPSA) is 35.5 Å². The van der Waals surface area contributed by atoms with Gasteiger partial charge in [-0.05, 0) is 45.2 Å². The average Bonchev–Trinajstić information content (AvgIpc) is 2.83. The summed E-state index contributed by atoms with van der Waals surface area (Å²) < 4.78 is 0. The molecule has 1 saturated carbocycles. The zero-order valence-electron chi connectivity index (χ0n) is 9.78. The van der Waals surface area contributed by atoms with E-state index in [1.807, 2.05) is 0 Å².